The van der Waals surface area contributed by atoms with Crippen molar-refractivity contribution < 1.29 is 29.0 Å². The minimum atomic E-state index is -1.02. The molecule has 0 radical (unpaired) electrons. The van der Waals surface area contributed by atoms with Gasteiger partial charge in [-0.1, -0.05) is 0 Å². The van der Waals surface area contributed by atoms with Gasteiger partial charge in [0.1, 0.15) is 0 Å². The van der Waals surface area contributed by atoms with Crippen molar-refractivity contribution >= 4 is 11.6 Å². The summed E-state index contributed by atoms with van der Waals surface area (Å²) >= 11 is 0. The fraction of sp³-hybridized carbons (Fsp3) is 0.278. The number of ether oxygens (including phenoxy) is 3. The zero-order valence-corrected chi connectivity index (χ0v) is 15.1. The summed E-state index contributed by atoms with van der Waals surface area (Å²) in [4.78, 5) is 22.5. The monoisotopic (exact) mass is 376 g/mol. The van der Waals surface area contributed by atoms with E-state index < -0.39 is 16.9 Å². The van der Waals surface area contributed by atoms with E-state index in [1.807, 2.05) is 0 Å². The second-order valence-corrected chi connectivity index (χ2v) is 5.49. The molecule has 2 aromatic rings. The van der Waals surface area contributed by atoms with Gasteiger partial charge in [-0.05, 0) is 29.8 Å². The molecule has 2 N–H and O–H groups in total. The molecule has 0 spiro atoms. The first-order valence-corrected chi connectivity index (χ1v) is 7.91. The number of carbonyl (C=O) groups excluding carboxylic acids is 1. The van der Waals surface area contributed by atoms with Crippen LogP contribution in [-0.4, -0.2) is 43.8 Å². The maximum absolute atomic E-state index is 12.4. The normalized spacial score (nSPS) is 11.4. The van der Waals surface area contributed by atoms with Crippen LogP contribution in [0, 0.1) is 10.1 Å². The number of nitro benzene ring substituents is 1. The van der Waals surface area contributed by atoms with E-state index in [2.05, 4.69) is 5.32 Å². The number of carbonyl (C=O) groups is 1. The molecule has 0 saturated heterocycles. The predicted octanol–water partition coefficient (Wildman–Crippen LogP) is 2.08. The largest absolute Gasteiger partial charge is 0.493 e. The van der Waals surface area contributed by atoms with Crippen molar-refractivity contribution in [3.05, 3.63) is 57.6 Å². The average molecular weight is 376 g/mol. The van der Waals surface area contributed by atoms with E-state index in [9.17, 15) is 20.0 Å². The van der Waals surface area contributed by atoms with Gasteiger partial charge in [-0.3, -0.25) is 14.9 Å². The fourth-order valence-corrected chi connectivity index (χ4v) is 2.44. The molecular weight excluding hydrogens is 356 g/mol. The van der Waals surface area contributed by atoms with Gasteiger partial charge in [0.2, 0.25) is 5.75 Å². The van der Waals surface area contributed by atoms with Crippen LogP contribution in [0.4, 0.5) is 5.69 Å². The third kappa shape index (κ3) is 4.64. The van der Waals surface area contributed by atoms with Crippen LogP contribution >= 0.6 is 0 Å². The van der Waals surface area contributed by atoms with Gasteiger partial charge in [0.15, 0.2) is 11.5 Å². The molecule has 0 aliphatic rings. The molecule has 0 fully saturated rings. The summed E-state index contributed by atoms with van der Waals surface area (Å²) in [6.45, 7) is -0.0761. The number of nitro groups is 1. The van der Waals surface area contributed by atoms with Crippen LogP contribution in [0.5, 0.6) is 17.2 Å². The van der Waals surface area contributed by atoms with Crippen molar-refractivity contribution in [2.75, 3.05) is 27.9 Å². The Morgan fingerprint density at radius 2 is 1.67 bits per heavy atom. The first-order valence-electron chi connectivity index (χ1n) is 7.91. The number of hydrogen-bond donors (Lipinski definition) is 2. The average Bonchev–Trinajstić information content (AvgIpc) is 2.70. The Balaban J connectivity index is 2.09. The van der Waals surface area contributed by atoms with Crippen LogP contribution in [0.15, 0.2) is 36.4 Å². The molecule has 0 aromatic heterocycles. The van der Waals surface area contributed by atoms with E-state index in [4.69, 9.17) is 14.2 Å². The molecule has 27 heavy (non-hydrogen) atoms. The number of methoxy groups -OCH3 is 3. The van der Waals surface area contributed by atoms with Crippen LogP contribution in [0.2, 0.25) is 0 Å². The summed E-state index contributed by atoms with van der Waals surface area (Å²) in [5, 5.41) is 23.4. The zero-order chi connectivity index (χ0) is 20.0. The van der Waals surface area contributed by atoms with Crippen LogP contribution in [0.1, 0.15) is 22.0 Å². The van der Waals surface area contributed by atoms with E-state index in [1.165, 1.54) is 57.7 Å². The summed E-state index contributed by atoms with van der Waals surface area (Å²) < 4.78 is 15.6. The number of rotatable bonds is 8. The molecule has 9 heteroatoms. The van der Waals surface area contributed by atoms with E-state index in [-0.39, 0.29) is 17.8 Å². The molecule has 0 aliphatic carbocycles. The minimum Gasteiger partial charge on any atom is -0.493 e. The Kier molecular flexibility index (Phi) is 6.56. The summed E-state index contributed by atoms with van der Waals surface area (Å²) in [5.41, 5.74) is 0.638. The highest BCUT2D eigenvalue weighted by Crippen LogP contribution is 2.38. The van der Waals surface area contributed by atoms with Gasteiger partial charge < -0.3 is 24.6 Å². The molecule has 0 saturated carbocycles. The Labute approximate surface area is 155 Å². The highest BCUT2D eigenvalue weighted by Gasteiger charge is 2.18. The van der Waals surface area contributed by atoms with Gasteiger partial charge in [-0.25, -0.2) is 0 Å². The molecule has 0 heterocycles. The topological polar surface area (TPSA) is 120 Å². The van der Waals surface area contributed by atoms with E-state index in [1.54, 1.807) is 0 Å². The van der Waals surface area contributed by atoms with Crippen LogP contribution in [0.3, 0.4) is 0 Å². The van der Waals surface area contributed by atoms with Gasteiger partial charge in [0.05, 0.1) is 32.4 Å². The Morgan fingerprint density at radius 3 is 2.11 bits per heavy atom. The minimum absolute atomic E-state index is 0.0761. The lowest BCUT2D eigenvalue weighted by atomic mass is 10.1. The van der Waals surface area contributed by atoms with Gasteiger partial charge in [-0.2, -0.15) is 0 Å². The molecule has 144 valence electrons. The molecule has 2 rings (SSSR count). The highest BCUT2D eigenvalue weighted by molar-refractivity contribution is 5.95. The van der Waals surface area contributed by atoms with Crippen molar-refractivity contribution in [2.24, 2.45) is 0 Å². The lowest BCUT2D eigenvalue weighted by Crippen LogP contribution is -2.28. The number of benzene rings is 2. The van der Waals surface area contributed by atoms with E-state index in [0.29, 0.717) is 22.8 Å². The Hall–Kier alpha value is -3.33. The van der Waals surface area contributed by atoms with Crippen LogP contribution in [-0.2, 0) is 0 Å². The first-order chi connectivity index (χ1) is 12.9. The number of nitrogens with one attached hydrogen (secondary N) is 1. The van der Waals surface area contributed by atoms with Crippen LogP contribution < -0.4 is 19.5 Å². The maximum Gasteiger partial charge on any atom is 0.269 e. The standard InChI is InChI=1S/C18H20N2O7/c1-25-15-8-12(9-16(26-2)17(15)27-3)18(22)19-10-14(21)11-4-6-13(7-5-11)20(23)24/h4-9,14,21H,10H2,1-3H3,(H,19,22)/t14-/m0/s1. The number of aliphatic hydroxyl groups excluding tert-OH is 1. The molecule has 0 bridgehead atoms. The van der Waals surface area contributed by atoms with E-state index in [0.717, 1.165) is 0 Å². The quantitative estimate of drug-likeness (QED) is 0.534. The Bertz CT molecular complexity index is 796. The number of non-ortho nitro benzene ring substituents is 1. The SMILES string of the molecule is COc1cc(C(=O)NC[C@H](O)c2ccc([N+](=O)[O-])cc2)cc(OC)c1OC. The molecule has 0 aliphatic heterocycles. The predicted molar refractivity (Wildman–Crippen MR) is 96.5 cm³/mol. The third-order valence-corrected chi connectivity index (χ3v) is 3.87. The summed E-state index contributed by atoms with van der Waals surface area (Å²) in [6.07, 6.45) is -1.02. The van der Waals surface area contributed by atoms with Gasteiger partial charge in [0.25, 0.3) is 11.6 Å². The lowest BCUT2D eigenvalue weighted by molar-refractivity contribution is -0.384. The van der Waals surface area contributed by atoms with Crippen molar-refractivity contribution in [1.29, 1.82) is 0 Å². The van der Waals surface area contributed by atoms with Gasteiger partial charge in [-0.15, -0.1) is 0 Å². The second-order valence-electron chi connectivity index (χ2n) is 5.49. The summed E-state index contributed by atoms with van der Waals surface area (Å²) in [6, 6.07) is 8.45. The lowest BCUT2D eigenvalue weighted by Gasteiger charge is -2.15. The summed E-state index contributed by atoms with van der Waals surface area (Å²) in [5.74, 6) is 0.577. The third-order valence-electron chi connectivity index (χ3n) is 3.87. The second kappa shape index (κ2) is 8.86. The van der Waals surface area contributed by atoms with Gasteiger partial charge >= 0.3 is 0 Å². The molecule has 1 atom stereocenters. The highest BCUT2D eigenvalue weighted by atomic mass is 16.6. The first kappa shape index (κ1) is 20.0. The molecule has 2 aromatic carbocycles. The molecule has 0 unspecified atom stereocenters. The van der Waals surface area contributed by atoms with E-state index >= 15 is 0 Å². The molecular formula is C18H20N2O7. The van der Waals surface area contributed by atoms with Gasteiger partial charge in [0, 0.05) is 24.2 Å². The van der Waals surface area contributed by atoms with Crippen molar-refractivity contribution in [3.63, 3.8) is 0 Å². The smallest absolute Gasteiger partial charge is 0.269 e. The van der Waals surface area contributed by atoms with Crippen molar-refractivity contribution in [2.45, 2.75) is 6.10 Å². The number of aliphatic hydroxyl groups is 1. The number of amides is 1. The Morgan fingerprint density at radius 1 is 1.11 bits per heavy atom. The summed E-state index contributed by atoms with van der Waals surface area (Å²) in [7, 11) is 4.34. The molecule has 9 nitrogen and oxygen atoms in total. The van der Waals surface area contributed by atoms with Crippen molar-refractivity contribution in [1.82, 2.24) is 5.32 Å². The zero-order valence-electron chi connectivity index (χ0n) is 15.1. The number of hydrogen-bond acceptors (Lipinski definition) is 7. The maximum atomic E-state index is 12.4. The van der Waals surface area contributed by atoms with Crippen molar-refractivity contribution in [3.8, 4) is 17.2 Å². The molecule has 1 amide bonds. The number of nitrogens with zero attached hydrogens (tertiary/aromatic N) is 1. The fourth-order valence-electron chi connectivity index (χ4n) is 2.44. The van der Waals surface area contributed by atoms with Crippen LogP contribution in [0.25, 0.3) is 0 Å².